The second kappa shape index (κ2) is 5.23. The van der Waals surface area contributed by atoms with Gasteiger partial charge in [0.2, 0.25) is 0 Å². The molecular formula is C13H8F2N2O4. The highest BCUT2D eigenvalue weighted by molar-refractivity contribution is 5.42. The van der Waals surface area contributed by atoms with E-state index in [1.54, 1.807) is 0 Å². The topological polar surface area (TPSA) is 86.3 Å². The lowest BCUT2D eigenvalue weighted by molar-refractivity contribution is -0.385. The van der Waals surface area contributed by atoms with E-state index in [0.717, 1.165) is 48.5 Å². The number of halogens is 2. The highest BCUT2D eigenvalue weighted by Gasteiger charge is 2.34. The van der Waals surface area contributed by atoms with Gasteiger partial charge in [-0.25, -0.2) is 0 Å². The number of benzene rings is 2. The van der Waals surface area contributed by atoms with Gasteiger partial charge in [-0.15, -0.1) is 0 Å². The molecule has 0 radical (unpaired) electrons. The van der Waals surface area contributed by atoms with E-state index in [0.29, 0.717) is 0 Å². The number of nitro benzene ring substituents is 2. The highest BCUT2D eigenvalue weighted by Crippen LogP contribution is 2.36. The van der Waals surface area contributed by atoms with E-state index in [2.05, 4.69) is 0 Å². The Labute approximate surface area is 116 Å². The first-order valence-electron chi connectivity index (χ1n) is 5.70. The summed E-state index contributed by atoms with van der Waals surface area (Å²) in [5, 5.41) is 21.0. The van der Waals surface area contributed by atoms with Gasteiger partial charge in [0.15, 0.2) is 0 Å². The molecule has 0 unspecified atom stereocenters. The summed E-state index contributed by atoms with van der Waals surface area (Å²) >= 11 is 0. The number of hydrogen-bond acceptors (Lipinski definition) is 4. The second-order valence-corrected chi connectivity index (χ2v) is 4.18. The van der Waals surface area contributed by atoms with Crippen LogP contribution >= 0.6 is 0 Å². The number of alkyl halides is 2. The number of nitrogens with zero attached hydrogens (tertiary/aromatic N) is 2. The second-order valence-electron chi connectivity index (χ2n) is 4.18. The summed E-state index contributed by atoms with van der Waals surface area (Å²) < 4.78 is 28.4. The van der Waals surface area contributed by atoms with Gasteiger partial charge in [-0.1, -0.05) is 0 Å². The molecule has 0 aliphatic heterocycles. The molecule has 0 spiro atoms. The number of hydrogen-bond donors (Lipinski definition) is 0. The lowest BCUT2D eigenvalue weighted by Gasteiger charge is -2.16. The Kier molecular flexibility index (Phi) is 3.62. The molecule has 0 atom stereocenters. The van der Waals surface area contributed by atoms with Crippen LogP contribution in [0.1, 0.15) is 11.1 Å². The minimum atomic E-state index is -3.40. The van der Waals surface area contributed by atoms with E-state index < -0.39 is 26.9 Å². The lowest BCUT2D eigenvalue weighted by atomic mass is 10.00. The molecule has 2 rings (SSSR count). The monoisotopic (exact) mass is 294 g/mol. The first-order valence-corrected chi connectivity index (χ1v) is 5.70. The van der Waals surface area contributed by atoms with Gasteiger partial charge in [-0.05, 0) is 24.3 Å². The van der Waals surface area contributed by atoms with Crippen LogP contribution in [-0.4, -0.2) is 9.85 Å². The fourth-order valence-electron chi connectivity index (χ4n) is 1.75. The van der Waals surface area contributed by atoms with E-state index in [9.17, 15) is 29.0 Å². The largest absolute Gasteiger partial charge is 0.298 e. The Morgan fingerprint density at radius 1 is 0.714 bits per heavy atom. The van der Waals surface area contributed by atoms with Gasteiger partial charge < -0.3 is 0 Å². The van der Waals surface area contributed by atoms with Crippen LogP contribution in [0.3, 0.4) is 0 Å². The molecule has 21 heavy (non-hydrogen) atoms. The normalized spacial score (nSPS) is 11.1. The Morgan fingerprint density at radius 3 is 1.24 bits per heavy atom. The van der Waals surface area contributed by atoms with E-state index in [1.165, 1.54) is 0 Å². The lowest BCUT2D eigenvalue weighted by Crippen LogP contribution is -2.15. The standard InChI is InChI=1S/C13H8F2N2O4/c14-13(15,9-1-5-11(6-2-9)16(18)19)10-3-7-12(8-4-10)17(20)21/h1-8H. The maximum atomic E-state index is 14.2. The number of nitro groups is 2. The van der Waals surface area contributed by atoms with Gasteiger partial charge in [0.05, 0.1) is 9.85 Å². The molecule has 0 aliphatic rings. The van der Waals surface area contributed by atoms with Gasteiger partial charge in [0, 0.05) is 35.4 Å². The molecule has 0 saturated carbocycles. The fraction of sp³-hybridized carbons (Fsp3) is 0.0769. The summed E-state index contributed by atoms with van der Waals surface area (Å²) in [6.45, 7) is 0. The molecule has 108 valence electrons. The van der Waals surface area contributed by atoms with Gasteiger partial charge in [0.25, 0.3) is 17.3 Å². The molecule has 8 heteroatoms. The van der Waals surface area contributed by atoms with Crippen LogP contribution in [0.15, 0.2) is 48.5 Å². The van der Waals surface area contributed by atoms with Crippen LogP contribution in [0.5, 0.6) is 0 Å². The first kappa shape index (κ1) is 14.5. The third-order valence-corrected chi connectivity index (χ3v) is 2.88. The fourth-order valence-corrected chi connectivity index (χ4v) is 1.75. The predicted molar refractivity (Wildman–Crippen MR) is 69.2 cm³/mol. The van der Waals surface area contributed by atoms with Crippen LogP contribution in [0, 0.1) is 20.2 Å². The maximum Gasteiger partial charge on any atom is 0.298 e. The van der Waals surface area contributed by atoms with E-state index >= 15 is 0 Å². The van der Waals surface area contributed by atoms with Crippen LogP contribution in [-0.2, 0) is 5.92 Å². The van der Waals surface area contributed by atoms with Crippen molar-refractivity contribution in [2.75, 3.05) is 0 Å². The quantitative estimate of drug-likeness (QED) is 0.636. The Morgan fingerprint density at radius 2 is 1.00 bits per heavy atom. The average molecular weight is 294 g/mol. The molecule has 0 aliphatic carbocycles. The van der Waals surface area contributed by atoms with Crippen molar-refractivity contribution in [3.05, 3.63) is 79.9 Å². The molecule has 2 aromatic rings. The Hall–Kier alpha value is -2.90. The summed E-state index contributed by atoms with van der Waals surface area (Å²) in [6, 6.07) is 7.75. The summed E-state index contributed by atoms with van der Waals surface area (Å²) in [4.78, 5) is 19.6. The third-order valence-electron chi connectivity index (χ3n) is 2.88. The Balaban J connectivity index is 2.36. The molecular weight excluding hydrogens is 286 g/mol. The minimum Gasteiger partial charge on any atom is -0.258 e. The molecule has 6 nitrogen and oxygen atoms in total. The molecule has 0 aromatic heterocycles. The SMILES string of the molecule is O=[N+]([O-])c1ccc(C(F)(F)c2ccc([N+](=O)[O-])cc2)cc1. The van der Waals surface area contributed by atoms with Crippen molar-refractivity contribution in [1.29, 1.82) is 0 Å². The van der Waals surface area contributed by atoms with Crippen molar-refractivity contribution in [2.24, 2.45) is 0 Å². The van der Waals surface area contributed by atoms with Crippen LogP contribution in [0.2, 0.25) is 0 Å². The van der Waals surface area contributed by atoms with Crippen LogP contribution < -0.4 is 0 Å². The van der Waals surface area contributed by atoms with Crippen LogP contribution in [0.25, 0.3) is 0 Å². The van der Waals surface area contributed by atoms with Gasteiger partial charge in [-0.3, -0.25) is 20.2 Å². The van der Waals surface area contributed by atoms with Crippen molar-refractivity contribution in [3.63, 3.8) is 0 Å². The van der Waals surface area contributed by atoms with Gasteiger partial charge >= 0.3 is 0 Å². The number of non-ortho nitro benzene ring substituents is 2. The summed E-state index contributed by atoms with van der Waals surface area (Å²) in [5.74, 6) is -3.40. The predicted octanol–water partition coefficient (Wildman–Crippen LogP) is 3.64. The zero-order valence-corrected chi connectivity index (χ0v) is 10.4. The van der Waals surface area contributed by atoms with E-state index in [4.69, 9.17) is 0 Å². The minimum absolute atomic E-state index is 0.293. The number of rotatable bonds is 4. The Bertz CT molecular complexity index is 625. The molecule has 0 amide bonds. The summed E-state index contributed by atoms with van der Waals surface area (Å²) in [7, 11) is 0. The van der Waals surface area contributed by atoms with Crippen molar-refractivity contribution < 1.29 is 18.6 Å². The third kappa shape index (κ3) is 2.83. The van der Waals surface area contributed by atoms with Crippen molar-refractivity contribution >= 4 is 11.4 Å². The summed E-state index contributed by atoms with van der Waals surface area (Å²) in [5.41, 5.74) is -1.44. The first-order chi connectivity index (χ1) is 9.82. The van der Waals surface area contributed by atoms with E-state index in [1.807, 2.05) is 0 Å². The average Bonchev–Trinajstić information content (AvgIpc) is 2.47. The molecule has 2 aromatic carbocycles. The molecule has 0 saturated heterocycles. The van der Waals surface area contributed by atoms with E-state index in [-0.39, 0.29) is 11.4 Å². The maximum absolute atomic E-state index is 14.2. The van der Waals surface area contributed by atoms with Gasteiger partial charge in [0.1, 0.15) is 0 Å². The smallest absolute Gasteiger partial charge is 0.258 e. The zero-order valence-electron chi connectivity index (χ0n) is 10.4. The summed E-state index contributed by atoms with van der Waals surface area (Å²) in [6.07, 6.45) is 0. The highest BCUT2D eigenvalue weighted by atomic mass is 19.3. The molecule has 0 fully saturated rings. The molecule has 0 heterocycles. The zero-order chi connectivity index (χ0) is 15.6. The molecule has 0 bridgehead atoms. The molecule has 0 N–H and O–H groups in total. The van der Waals surface area contributed by atoms with Crippen molar-refractivity contribution in [2.45, 2.75) is 5.92 Å². The van der Waals surface area contributed by atoms with Gasteiger partial charge in [-0.2, -0.15) is 8.78 Å². The van der Waals surface area contributed by atoms with Crippen molar-refractivity contribution in [1.82, 2.24) is 0 Å². The van der Waals surface area contributed by atoms with Crippen LogP contribution in [0.4, 0.5) is 20.2 Å². The van der Waals surface area contributed by atoms with Crippen molar-refractivity contribution in [3.8, 4) is 0 Å².